The second-order valence-corrected chi connectivity index (χ2v) is 6.20. The lowest BCUT2D eigenvalue weighted by atomic mass is 10.2. The highest BCUT2D eigenvalue weighted by Gasteiger charge is 2.10. The summed E-state index contributed by atoms with van der Waals surface area (Å²) in [4.78, 5) is 12.7. The highest BCUT2D eigenvalue weighted by molar-refractivity contribution is 9.11. The minimum absolute atomic E-state index is 0.0982. The van der Waals surface area contributed by atoms with Gasteiger partial charge in [0.05, 0.1) is 15.8 Å². The molecule has 0 fully saturated rings. The number of aryl methyl sites for hydroxylation is 1. The van der Waals surface area contributed by atoms with Crippen LogP contribution in [0.3, 0.4) is 0 Å². The summed E-state index contributed by atoms with van der Waals surface area (Å²) >= 11 is 4.75. The number of ether oxygens (including phenoxy) is 1. The maximum absolute atomic E-state index is 12.0. The molecule has 2 aromatic rings. The van der Waals surface area contributed by atoms with Crippen LogP contribution in [0.25, 0.3) is 0 Å². The fraction of sp³-hybridized carbons (Fsp3) is 0.154. The van der Waals surface area contributed by atoms with E-state index in [0.717, 1.165) is 20.8 Å². The average Bonchev–Trinajstić information content (AvgIpc) is 2.78. The zero-order valence-corrected chi connectivity index (χ0v) is 12.4. The normalized spacial score (nSPS) is 10.2. The van der Waals surface area contributed by atoms with E-state index in [0.29, 0.717) is 4.88 Å². The van der Waals surface area contributed by atoms with Gasteiger partial charge < -0.3 is 10.1 Å². The van der Waals surface area contributed by atoms with Crippen molar-refractivity contribution in [3.63, 3.8) is 0 Å². The number of thiophene rings is 1. The Morgan fingerprint density at radius 2 is 2.11 bits per heavy atom. The number of benzene rings is 1. The molecule has 0 saturated carbocycles. The molecule has 0 aliphatic heterocycles. The van der Waals surface area contributed by atoms with Gasteiger partial charge in [-0.2, -0.15) is 0 Å². The third-order valence-corrected chi connectivity index (χ3v) is 4.10. The number of halogens is 1. The molecular formula is C13H12BrNO2S. The van der Waals surface area contributed by atoms with Crippen molar-refractivity contribution < 1.29 is 9.53 Å². The number of hydrogen-bond donors (Lipinski definition) is 1. The van der Waals surface area contributed by atoms with Gasteiger partial charge in [0, 0.05) is 5.69 Å². The Labute approximate surface area is 118 Å². The lowest BCUT2D eigenvalue weighted by Crippen LogP contribution is -2.11. The molecule has 5 heteroatoms. The zero-order valence-electron chi connectivity index (χ0n) is 9.99. The molecule has 1 aromatic heterocycles. The highest BCUT2D eigenvalue weighted by Crippen LogP contribution is 2.25. The summed E-state index contributed by atoms with van der Waals surface area (Å²) in [5, 5.41) is 2.89. The first-order valence-electron chi connectivity index (χ1n) is 5.31. The van der Waals surface area contributed by atoms with Gasteiger partial charge in [0.2, 0.25) is 0 Å². The van der Waals surface area contributed by atoms with E-state index in [2.05, 4.69) is 21.2 Å². The van der Waals surface area contributed by atoms with Crippen LogP contribution in [0.4, 0.5) is 5.69 Å². The molecule has 94 valence electrons. The van der Waals surface area contributed by atoms with Gasteiger partial charge in [-0.1, -0.05) is 0 Å². The number of rotatable bonds is 3. The van der Waals surface area contributed by atoms with Crippen LogP contribution in [0.5, 0.6) is 5.75 Å². The number of nitrogens with one attached hydrogen (secondary N) is 1. The second-order valence-electron chi connectivity index (χ2n) is 3.74. The van der Waals surface area contributed by atoms with Crippen molar-refractivity contribution >= 4 is 38.9 Å². The second kappa shape index (κ2) is 5.54. The highest BCUT2D eigenvalue weighted by atomic mass is 79.9. The molecule has 0 aliphatic rings. The van der Waals surface area contributed by atoms with E-state index in [1.807, 2.05) is 31.2 Å². The topological polar surface area (TPSA) is 38.3 Å². The summed E-state index contributed by atoms with van der Waals surface area (Å²) in [6.45, 7) is 1.93. The van der Waals surface area contributed by atoms with Crippen LogP contribution in [0.15, 0.2) is 34.1 Å². The number of hydrogen-bond acceptors (Lipinski definition) is 3. The largest absolute Gasteiger partial charge is 0.497 e. The smallest absolute Gasteiger partial charge is 0.265 e. The van der Waals surface area contributed by atoms with E-state index in [1.54, 1.807) is 13.2 Å². The molecule has 1 aromatic carbocycles. The molecule has 1 N–H and O–H groups in total. The standard InChI is InChI=1S/C13H12BrNO2S/c1-8-7-9(17-2)3-4-10(8)15-13(16)11-5-6-12(14)18-11/h3-7H,1-2H3,(H,15,16). The van der Waals surface area contributed by atoms with E-state index in [-0.39, 0.29) is 5.91 Å². The Kier molecular flexibility index (Phi) is 4.04. The van der Waals surface area contributed by atoms with Gasteiger partial charge in [-0.15, -0.1) is 11.3 Å². The summed E-state index contributed by atoms with van der Waals surface area (Å²) < 4.78 is 6.07. The van der Waals surface area contributed by atoms with Gasteiger partial charge in [0.15, 0.2) is 0 Å². The fourth-order valence-corrected chi connectivity index (χ4v) is 2.80. The molecule has 0 atom stereocenters. The first-order chi connectivity index (χ1) is 8.60. The molecule has 0 radical (unpaired) electrons. The number of methoxy groups -OCH3 is 1. The Bertz CT molecular complexity index is 580. The van der Waals surface area contributed by atoms with E-state index in [4.69, 9.17) is 4.74 Å². The molecule has 0 bridgehead atoms. The fourth-order valence-electron chi connectivity index (χ4n) is 1.52. The van der Waals surface area contributed by atoms with Crippen molar-refractivity contribution in [1.29, 1.82) is 0 Å². The van der Waals surface area contributed by atoms with Gasteiger partial charge in [0.25, 0.3) is 5.91 Å². The number of carbonyl (C=O) groups excluding carboxylic acids is 1. The lowest BCUT2D eigenvalue weighted by Gasteiger charge is -2.08. The van der Waals surface area contributed by atoms with Crippen molar-refractivity contribution in [2.24, 2.45) is 0 Å². The van der Waals surface area contributed by atoms with E-state index in [9.17, 15) is 4.79 Å². The van der Waals surface area contributed by atoms with Crippen LogP contribution in [-0.4, -0.2) is 13.0 Å². The van der Waals surface area contributed by atoms with E-state index >= 15 is 0 Å². The third kappa shape index (κ3) is 2.91. The van der Waals surface area contributed by atoms with E-state index < -0.39 is 0 Å². The summed E-state index contributed by atoms with van der Waals surface area (Å²) in [5.74, 6) is 0.684. The van der Waals surface area contributed by atoms with Crippen LogP contribution in [0, 0.1) is 6.92 Å². The Hall–Kier alpha value is -1.33. The summed E-state index contributed by atoms with van der Waals surface area (Å²) in [6, 6.07) is 9.21. The van der Waals surface area contributed by atoms with Crippen LogP contribution < -0.4 is 10.1 Å². The summed E-state index contributed by atoms with van der Waals surface area (Å²) in [7, 11) is 1.62. The number of carbonyl (C=O) groups is 1. The Morgan fingerprint density at radius 1 is 1.33 bits per heavy atom. The molecule has 2 rings (SSSR count). The first-order valence-corrected chi connectivity index (χ1v) is 6.92. The Morgan fingerprint density at radius 3 is 2.67 bits per heavy atom. The van der Waals surface area contributed by atoms with Crippen molar-refractivity contribution in [3.05, 3.63) is 44.6 Å². The summed E-state index contributed by atoms with van der Waals surface area (Å²) in [5.41, 5.74) is 1.77. The predicted octanol–water partition coefficient (Wildman–Crippen LogP) is 4.08. The van der Waals surface area contributed by atoms with E-state index in [1.165, 1.54) is 11.3 Å². The average molecular weight is 326 g/mol. The lowest BCUT2D eigenvalue weighted by molar-refractivity contribution is 0.103. The molecule has 1 amide bonds. The molecule has 0 spiro atoms. The Balaban J connectivity index is 2.16. The quantitative estimate of drug-likeness (QED) is 0.923. The van der Waals surface area contributed by atoms with Crippen LogP contribution in [0.1, 0.15) is 15.2 Å². The van der Waals surface area contributed by atoms with Crippen LogP contribution >= 0.6 is 27.3 Å². The van der Waals surface area contributed by atoms with Crippen molar-refractivity contribution in [1.82, 2.24) is 0 Å². The predicted molar refractivity (Wildman–Crippen MR) is 77.7 cm³/mol. The van der Waals surface area contributed by atoms with Crippen LogP contribution in [0.2, 0.25) is 0 Å². The molecule has 1 heterocycles. The van der Waals surface area contributed by atoms with Gasteiger partial charge in [-0.3, -0.25) is 4.79 Å². The van der Waals surface area contributed by atoms with Gasteiger partial charge >= 0.3 is 0 Å². The van der Waals surface area contributed by atoms with Crippen molar-refractivity contribution in [2.45, 2.75) is 6.92 Å². The SMILES string of the molecule is COc1ccc(NC(=O)c2ccc(Br)s2)c(C)c1. The number of anilines is 1. The maximum Gasteiger partial charge on any atom is 0.265 e. The molecular weight excluding hydrogens is 314 g/mol. The first kappa shape index (κ1) is 13.1. The number of amides is 1. The molecule has 0 saturated heterocycles. The zero-order chi connectivity index (χ0) is 13.1. The van der Waals surface area contributed by atoms with Crippen molar-refractivity contribution in [2.75, 3.05) is 12.4 Å². The monoisotopic (exact) mass is 325 g/mol. The maximum atomic E-state index is 12.0. The minimum atomic E-state index is -0.0982. The van der Waals surface area contributed by atoms with Gasteiger partial charge in [-0.25, -0.2) is 0 Å². The molecule has 18 heavy (non-hydrogen) atoms. The molecule has 3 nitrogen and oxygen atoms in total. The van der Waals surface area contributed by atoms with Crippen LogP contribution in [-0.2, 0) is 0 Å². The van der Waals surface area contributed by atoms with Crippen molar-refractivity contribution in [3.8, 4) is 5.75 Å². The summed E-state index contributed by atoms with van der Waals surface area (Å²) in [6.07, 6.45) is 0. The van der Waals surface area contributed by atoms with Gasteiger partial charge in [0.1, 0.15) is 5.75 Å². The third-order valence-electron chi connectivity index (χ3n) is 2.48. The minimum Gasteiger partial charge on any atom is -0.497 e. The van der Waals surface area contributed by atoms with Gasteiger partial charge in [-0.05, 0) is 58.7 Å². The molecule has 0 aliphatic carbocycles. The molecule has 0 unspecified atom stereocenters.